The lowest BCUT2D eigenvalue weighted by molar-refractivity contribution is -0.0501. The summed E-state index contributed by atoms with van der Waals surface area (Å²) in [6, 6.07) is 7.39. The number of hydrogen-bond acceptors (Lipinski definition) is 11. The SMILES string of the molecule is CCOc1ccccc1/C=N\Nc1nc2c(N)ncnc2n1[C@H]1O[C@@H](CO)[C@H](O)[C@@H]1O. The Hall–Kier alpha value is -3.32. The Morgan fingerprint density at radius 3 is 2.84 bits per heavy atom. The lowest BCUT2D eigenvalue weighted by Crippen LogP contribution is -2.33. The average Bonchev–Trinajstić information content (AvgIpc) is 3.27. The molecule has 0 amide bonds. The van der Waals surface area contributed by atoms with Crippen LogP contribution < -0.4 is 15.9 Å². The van der Waals surface area contributed by atoms with Crippen LogP contribution in [-0.4, -0.2) is 72.6 Å². The zero-order chi connectivity index (χ0) is 22.0. The molecule has 1 saturated heterocycles. The van der Waals surface area contributed by atoms with Crippen molar-refractivity contribution in [3.8, 4) is 5.75 Å². The van der Waals surface area contributed by atoms with Gasteiger partial charge >= 0.3 is 0 Å². The summed E-state index contributed by atoms with van der Waals surface area (Å²) in [5.41, 5.74) is 10.0. The molecule has 31 heavy (non-hydrogen) atoms. The van der Waals surface area contributed by atoms with Gasteiger partial charge in [0.25, 0.3) is 0 Å². The lowest BCUT2D eigenvalue weighted by atomic mass is 10.1. The van der Waals surface area contributed by atoms with E-state index in [1.165, 1.54) is 10.9 Å². The first-order valence-electron chi connectivity index (χ1n) is 9.66. The van der Waals surface area contributed by atoms with Crippen LogP contribution in [0.15, 0.2) is 35.7 Å². The summed E-state index contributed by atoms with van der Waals surface area (Å²) in [5, 5.41) is 34.3. The number of nitrogens with zero attached hydrogens (tertiary/aromatic N) is 5. The second-order valence-electron chi connectivity index (χ2n) is 6.81. The Labute approximate surface area is 177 Å². The molecule has 6 N–H and O–H groups in total. The highest BCUT2D eigenvalue weighted by atomic mass is 16.6. The van der Waals surface area contributed by atoms with Crippen LogP contribution >= 0.6 is 0 Å². The minimum atomic E-state index is -1.34. The lowest BCUT2D eigenvalue weighted by Gasteiger charge is -2.18. The molecule has 1 aromatic carbocycles. The van der Waals surface area contributed by atoms with Crippen molar-refractivity contribution in [1.82, 2.24) is 19.5 Å². The van der Waals surface area contributed by atoms with E-state index in [0.29, 0.717) is 12.4 Å². The van der Waals surface area contributed by atoms with E-state index in [9.17, 15) is 15.3 Å². The topological polar surface area (TPSA) is 173 Å². The number of aliphatic hydroxyl groups excluding tert-OH is 3. The van der Waals surface area contributed by atoms with Crippen LogP contribution in [0.5, 0.6) is 5.75 Å². The van der Waals surface area contributed by atoms with Crippen LogP contribution in [0.3, 0.4) is 0 Å². The molecule has 4 atom stereocenters. The molecule has 2 aromatic heterocycles. The molecule has 3 heterocycles. The third-order valence-electron chi connectivity index (χ3n) is 4.86. The molecule has 12 nitrogen and oxygen atoms in total. The van der Waals surface area contributed by atoms with Crippen molar-refractivity contribution in [3.05, 3.63) is 36.2 Å². The van der Waals surface area contributed by atoms with Gasteiger partial charge in [-0.3, -0.25) is 4.57 Å². The number of rotatable bonds is 7. The molecule has 1 fully saturated rings. The molecule has 0 saturated carbocycles. The molecular weight excluding hydrogens is 406 g/mol. The Bertz CT molecular complexity index is 1090. The first kappa shape index (κ1) is 20.9. The predicted octanol–water partition coefficient (Wildman–Crippen LogP) is -0.135. The molecular formula is C19H23N7O5. The number of benzene rings is 1. The van der Waals surface area contributed by atoms with E-state index in [-0.39, 0.29) is 22.9 Å². The standard InChI is InChI=1S/C19H23N7O5/c1-2-30-11-6-4-3-5-10(11)7-23-25-19-24-13-16(20)21-9-22-17(13)26(19)18-15(29)14(28)12(8-27)31-18/h3-7,9,12,14-15,18,27-29H,2,8H2,1H3,(H,24,25)(H2,20,21,22)/b23-7-/t12-,14-,15-,18-/m0/s1. The number of para-hydroxylation sites is 1. The molecule has 0 unspecified atom stereocenters. The molecule has 0 spiro atoms. The minimum Gasteiger partial charge on any atom is -0.493 e. The number of fused-ring (bicyclic) bond motifs is 1. The van der Waals surface area contributed by atoms with Gasteiger partial charge < -0.3 is 30.5 Å². The van der Waals surface area contributed by atoms with Gasteiger partial charge in [0, 0.05) is 5.56 Å². The monoisotopic (exact) mass is 429 g/mol. The minimum absolute atomic E-state index is 0.129. The van der Waals surface area contributed by atoms with Crippen molar-refractivity contribution in [1.29, 1.82) is 0 Å². The fourth-order valence-electron chi connectivity index (χ4n) is 3.37. The number of ether oxygens (including phenoxy) is 2. The third-order valence-corrected chi connectivity index (χ3v) is 4.86. The van der Waals surface area contributed by atoms with Crippen LogP contribution in [0, 0.1) is 0 Å². The number of aromatic nitrogens is 4. The van der Waals surface area contributed by atoms with E-state index in [1.807, 2.05) is 31.2 Å². The zero-order valence-electron chi connectivity index (χ0n) is 16.7. The molecule has 164 valence electrons. The Balaban J connectivity index is 1.70. The first-order chi connectivity index (χ1) is 15.0. The Kier molecular flexibility index (Phi) is 5.95. The maximum atomic E-state index is 10.5. The van der Waals surface area contributed by atoms with E-state index in [4.69, 9.17) is 15.2 Å². The maximum absolute atomic E-state index is 10.5. The smallest absolute Gasteiger partial charge is 0.228 e. The highest BCUT2D eigenvalue weighted by Crippen LogP contribution is 2.35. The number of hydrogen-bond donors (Lipinski definition) is 5. The summed E-state index contributed by atoms with van der Waals surface area (Å²) in [5.74, 6) is 0.953. The van der Waals surface area contributed by atoms with Gasteiger partial charge in [0.05, 0.1) is 19.4 Å². The Morgan fingerprint density at radius 1 is 1.29 bits per heavy atom. The van der Waals surface area contributed by atoms with Gasteiger partial charge in [-0.25, -0.2) is 20.4 Å². The van der Waals surface area contributed by atoms with E-state index in [1.54, 1.807) is 6.21 Å². The van der Waals surface area contributed by atoms with Crippen molar-refractivity contribution in [2.24, 2.45) is 5.10 Å². The first-order valence-corrected chi connectivity index (χ1v) is 9.66. The summed E-state index contributed by atoms with van der Waals surface area (Å²) in [4.78, 5) is 12.5. The summed E-state index contributed by atoms with van der Waals surface area (Å²) < 4.78 is 12.6. The molecule has 0 bridgehead atoms. The van der Waals surface area contributed by atoms with E-state index >= 15 is 0 Å². The van der Waals surface area contributed by atoms with Crippen LogP contribution in [0.25, 0.3) is 11.2 Å². The summed E-state index contributed by atoms with van der Waals surface area (Å²) in [7, 11) is 0. The van der Waals surface area contributed by atoms with Crippen LogP contribution in [0.1, 0.15) is 18.7 Å². The van der Waals surface area contributed by atoms with Gasteiger partial charge in [-0.15, -0.1) is 0 Å². The molecule has 12 heteroatoms. The maximum Gasteiger partial charge on any atom is 0.228 e. The number of anilines is 2. The third kappa shape index (κ3) is 3.88. The molecule has 0 radical (unpaired) electrons. The van der Waals surface area contributed by atoms with Crippen molar-refractivity contribution >= 4 is 29.1 Å². The molecule has 1 aliphatic heterocycles. The predicted molar refractivity (Wildman–Crippen MR) is 112 cm³/mol. The highest BCUT2D eigenvalue weighted by molar-refractivity contribution is 5.85. The number of imidazole rings is 1. The van der Waals surface area contributed by atoms with E-state index in [2.05, 4.69) is 25.5 Å². The second kappa shape index (κ2) is 8.81. The van der Waals surface area contributed by atoms with Crippen LogP contribution in [0.2, 0.25) is 0 Å². The fourth-order valence-corrected chi connectivity index (χ4v) is 3.37. The van der Waals surface area contributed by atoms with Gasteiger partial charge in [-0.2, -0.15) is 5.10 Å². The van der Waals surface area contributed by atoms with Gasteiger partial charge in [0.2, 0.25) is 5.95 Å². The van der Waals surface area contributed by atoms with Gasteiger partial charge in [-0.05, 0) is 19.1 Å². The number of nitrogens with one attached hydrogen (secondary N) is 1. The number of nitrogens with two attached hydrogens (primary N) is 1. The quantitative estimate of drug-likeness (QED) is 0.251. The fraction of sp³-hybridized carbons (Fsp3) is 0.368. The van der Waals surface area contributed by atoms with Gasteiger partial charge in [0.15, 0.2) is 23.2 Å². The molecule has 3 aromatic rings. The van der Waals surface area contributed by atoms with Gasteiger partial charge in [-0.1, -0.05) is 12.1 Å². The van der Waals surface area contributed by atoms with Crippen molar-refractivity contribution in [3.63, 3.8) is 0 Å². The summed E-state index contributed by atoms with van der Waals surface area (Å²) >= 11 is 0. The Morgan fingerprint density at radius 2 is 2.10 bits per heavy atom. The largest absolute Gasteiger partial charge is 0.493 e. The van der Waals surface area contributed by atoms with Crippen molar-refractivity contribution in [2.75, 3.05) is 24.4 Å². The average molecular weight is 429 g/mol. The second-order valence-corrected chi connectivity index (χ2v) is 6.81. The molecule has 1 aliphatic rings. The number of hydrazone groups is 1. The zero-order valence-corrected chi connectivity index (χ0v) is 16.7. The summed E-state index contributed by atoms with van der Waals surface area (Å²) in [6.07, 6.45) is -1.87. The van der Waals surface area contributed by atoms with Crippen LogP contribution in [-0.2, 0) is 4.74 Å². The number of aliphatic hydroxyl groups is 3. The highest BCUT2D eigenvalue weighted by Gasteiger charge is 2.45. The molecule has 0 aliphatic carbocycles. The van der Waals surface area contributed by atoms with Gasteiger partial charge in [0.1, 0.15) is 30.4 Å². The summed E-state index contributed by atoms with van der Waals surface area (Å²) in [6.45, 7) is 1.94. The van der Waals surface area contributed by atoms with Crippen molar-refractivity contribution in [2.45, 2.75) is 31.5 Å². The van der Waals surface area contributed by atoms with Crippen LogP contribution in [0.4, 0.5) is 11.8 Å². The van der Waals surface area contributed by atoms with E-state index < -0.39 is 31.1 Å². The number of nitrogen functional groups attached to an aromatic ring is 1. The van der Waals surface area contributed by atoms with Crippen molar-refractivity contribution < 1.29 is 24.8 Å². The van der Waals surface area contributed by atoms with E-state index in [0.717, 1.165) is 5.56 Å². The normalized spacial score (nSPS) is 23.6. The molecule has 4 rings (SSSR count).